The summed E-state index contributed by atoms with van der Waals surface area (Å²) in [5, 5.41) is 0. The average Bonchev–Trinajstić information content (AvgIpc) is 2.28. The molecule has 2 N–H and O–H groups in total. The SMILES string of the molecule is CC(C)(C)N1CCN(c2nccc(N)n2)CC1. The van der Waals surface area contributed by atoms with Gasteiger partial charge in [-0.15, -0.1) is 0 Å². The van der Waals surface area contributed by atoms with Crippen LogP contribution in [0.25, 0.3) is 0 Å². The van der Waals surface area contributed by atoms with Crippen LogP contribution in [0.4, 0.5) is 11.8 Å². The Balaban J connectivity index is 2.00. The molecule has 17 heavy (non-hydrogen) atoms. The fourth-order valence-corrected chi connectivity index (χ4v) is 2.09. The highest BCUT2D eigenvalue weighted by molar-refractivity contribution is 5.38. The first kappa shape index (κ1) is 12.1. The van der Waals surface area contributed by atoms with Crippen LogP contribution in [0.5, 0.6) is 0 Å². The average molecular weight is 235 g/mol. The molecule has 1 aliphatic heterocycles. The molecular weight excluding hydrogens is 214 g/mol. The Morgan fingerprint density at radius 2 is 1.82 bits per heavy atom. The van der Waals surface area contributed by atoms with E-state index in [1.807, 2.05) is 0 Å². The smallest absolute Gasteiger partial charge is 0.227 e. The molecule has 0 aromatic carbocycles. The van der Waals surface area contributed by atoms with E-state index in [0.717, 1.165) is 32.1 Å². The molecule has 0 radical (unpaired) electrons. The van der Waals surface area contributed by atoms with Gasteiger partial charge in [-0.2, -0.15) is 4.98 Å². The molecule has 2 rings (SSSR count). The van der Waals surface area contributed by atoms with Crippen molar-refractivity contribution < 1.29 is 0 Å². The molecule has 2 heterocycles. The number of nitrogen functional groups attached to an aromatic ring is 1. The van der Waals surface area contributed by atoms with Gasteiger partial charge in [0.25, 0.3) is 0 Å². The molecule has 1 fully saturated rings. The van der Waals surface area contributed by atoms with Gasteiger partial charge in [-0.05, 0) is 26.8 Å². The van der Waals surface area contributed by atoms with Crippen LogP contribution in [0.15, 0.2) is 12.3 Å². The van der Waals surface area contributed by atoms with Crippen molar-refractivity contribution in [3.8, 4) is 0 Å². The second-order valence-corrected chi connectivity index (χ2v) is 5.43. The molecule has 0 spiro atoms. The highest BCUT2D eigenvalue weighted by Crippen LogP contribution is 2.18. The summed E-state index contributed by atoms with van der Waals surface area (Å²) in [5.74, 6) is 1.28. The first-order valence-electron chi connectivity index (χ1n) is 6.05. The van der Waals surface area contributed by atoms with Crippen LogP contribution in [0.1, 0.15) is 20.8 Å². The van der Waals surface area contributed by atoms with Gasteiger partial charge in [0.05, 0.1) is 0 Å². The highest BCUT2D eigenvalue weighted by atomic mass is 15.3. The van der Waals surface area contributed by atoms with E-state index in [-0.39, 0.29) is 5.54 Å². The molecule has 0 unspecified atom stereocenters. The molecule has 0 aliphatic carbocycles. The van der Waals surface area contributed by atoms with E-state index in [1.54, 1.807) is 12.3 Å². The number of nitrogens with two attached hydrogens (primary N) is 1. The Labute approximate surface area is 103 Å². The fourth-order valence-electron chi connectivity index (χ4n) is 2.09. The van der Waals surface area contributed by atoms with Crippen molar-refractivity contribution in [2.45, 2.75) is 26.3 Å². The molecule has 0 amide bonds. The monoisotopic (exact) mass is 235 g/mol. The summed E-state index contributed by atoms with van der Waals surface area (Å²) >= 11 is 0. The maximum absolute atomic E-state index is 5.67. The summed E-state index contributed by atoms with van der Waals surface area (Å²) in [7, 11) is 0. The normalized spacial score (nSPS) is 18.4. The maximum Gasteiger partial charge on any atom is 0.227 e. The Morgan fingerprint density at radius 3 is 2.35 bits per heavy atom. The number of hydrogen-bond donors (Lipinski definition) is 1. The minimum absolute atomic E-state index is 0.239. The highest BCUT2D eigenvalue weighted by Gasteiger charge is 2.26. The van der Waals surface area contributed by atoms with Crippen LogP contribution in [0, 0.1) is 0 Å². The molecule has 0 saturated carbocycles. The predicted molar refractivity (Wildman–Crippen MR) is 70.0 cm³/mol. The van der Waals surface area contributed by atoms with Gasteiger partial charge in [-0.3, -0.25) is 4.90 Å². The Hall–Kier alpha value is -1.36. The number of aromatic nitrogens is 2. The minimum Gasteiger partial charge on any atom is -0.384 e. The summed E-state index contributed by atoms with van der Waals surface area (Å²) in [5.41, 5.74) is 5.91. The second kappa shape index (κ2) is 4.49. The molecule has 0 atom stereocenters. The van der Waals surface area contributed by atoms with Crippen molar-refractivity contribution in [1.82, 2.24) is 14.9 Å². The quantitative estimate of drug-likeness (QED) is 0.786. The van der Waals surface area contributed by atoms with E-state index >= 15 is 0 Å². The van der Waals surface area contributed by atoms with Crippen molar-refractivity contribution >= 4 is 11.8 Å². The van der Waals surface area contributed by atoms with Crippen molar-refractivity contribution in [1.29, 1.82) is 0 Å². The zero-order valence-electron chi connectivity index (χ0n) is 10.8. The first-order valence-corrected chi connectivity index (χ1v) is 6.05. The van der Waals surface area contributed by atoms with E-state index in [2.05, 4.69) is 40.5 Å². The van der Waals surface area contributed by atoms with Gasteiger partial charge < -0.3 is 10.6 Å². The van der Waals surface area contributed by atoms with Gasteiger partial charge in [0.15, 0.2) is 0 Å². The Bertz CT molecular complexity index is 377. The topological polar surface area (TPSA) is 58.3 Å². The van der Waals surface area contributed by atoms with E-state index in [9.17, 15) is 0 Å². The van der Waals surface area contributed by atoms with E-state index in [0.29, 0.717) is 5.82 Å². The lowest BCUT2D eigenvalue weighted by atomic mass is 10.1. The lowest BCUT2D eigenvalue weighted by Crippen LogP contribution is -2.53. The van der Waals surface area contributed by atoms with Gasteiger partial charge in [-0.1, -0.05) is 0 Å². The standard InChI is InChI=1S/C12H21N5/c1-12(2,3)17-8-6-16(7-9-17)11-14-5-4-10(13)15-11/h4-5H,6-9H2,1-3H3,(H2,13,14,15). The van der Waals surface area contributed by atoms with Crippen LogP contribution in [-0.4, -0.2) is 46.6 Å². The van der Waals surface area contributed by atoms with Crippen molar-refractivity contribution in [3.63, 3.8) is 0 Å². The fraction of sp³-hybridized carbons (Fsp3) is 0.667. The molecule has 1 saturated heterocycles. The summed E-state index contributed by atoms with van der Waals surface area (Å²) in [6, 6.07) is 1.72. The third kappa shape index (κ3) is 2.85. The maximum atomic E-state index is 5.67. The molecule has 1 aromatic heterocycles. The Morgan fingerprint density at radius 1 is 1.18 bits per heavy atom. The number of piperazine rings is 1. The molecule has 1 aliphatic rings. The Kier molecular flexibility index (Phi) is 3.19. The van der Waals surface area contributed by atoms with Crippen molar-refractivity contribution in [2.75, 3.05) is 36.8 Å². The molecule has 94 valence electrons. The van der Waals surface area contributed by atoms with Gasteiger partial charge >= 0.3 is 0 Å². The molecule has 1 aromatic rings. The first-order chi connectivity index (χ1) is 7.97. The van der Waals surface area contributed by atoms with Crippen LogP contribution in [0.3, 0.4) is 0 Å². The predicted octanol–water partition coefficient (Wildman–Crippen LogP) is 0.979. The van der Waals surface area contributed by atoms with E-state index < -0.39 is 0 Å². The lowest BCUT2D eigenvalue weighted by Gasteiger charge is -2.42. The van der Waals surface area contributed by atoms with Gasteiger partial charge in [0.1, 0.15) is 5.82 Å². The number of rotatable bonds is 1. The second-order valence-electron chi connectivity index (χ2n) is 5.43. The number of anilines is 2. The zero-order valence-corrected chi connectivity index (χ0v) is 10.8. The van der Waals surface area contributed by atoms with E-state index in [4.69, 9.17) is 5.73 Å². The van der Waals surface area contributed by atoms with Crippen molar-refractivity contribution in [3.05, 3.63) is 12.3 Å². The minimum atomic E-state index is 0.239. The van der Waals surface area contributed by atoms with Crippen LogP contribution < -0.4 is 10.6 Å². The third-order valence-corrected chi connectivity index (χ3v) is 3.18. The summed E-state index contributed by atoms with van der Waals surface area (Å²) < 4.78 is 0. The van der Waals surface area contributed by atoms with Gasteiger partial charge in [0, 0.05) is 37.9 Å². The summed E-state index contributed by atoms with van der Waals surface area (Å²) in [6.07, 6.45) is 1.72. The summed E-state index contributed by atoms with van der Waals surface area (Å²) in [6.45, 7) is 10.8. The number of nitrogens with zero attached hydrogens (tertiary/aromatic N) is 4. The molecule has 5 nitrogen and oxygen atoms in total. The third-order valence-electron chi connectivity index (χ3n) is 3.18. The van der Waals surface area contributed by atoms with Crippen LogP contribution in [-0.2, 0) is 0 Å². The van der Waals surface area contributed by atoms with Gasteiger partial charge in [0.2, 0.25) is 5.95 Å². The lowest BCUT2D eigenvalue weighted by molar-refractivity contribution is 0.128. The molecule has 0 bridgehead atoms. The molecular formula is C12H21N5. The van der Waals surface area contributed by atoms with E-state index in [1.165, 1.54) is 0 Å². The van der Waals surface area contributed by atoms with Crippen LogP contribution >= 0.6 is 0 Å². The largest absolute Gasteiger partial charge is 0.384 e. The number of hydrogen-bond acceptors (Lipinski definition) is 5. The zero-order chi connectivity index (χ0) is 12.5. The van der Waals surface area contributed by atoms with Crippen LogP contribution in [0.2, 0.25) is 0 Å². The summed E-state index contributed by atoms with van der Waals surface area (Å²) in [4.78, 5) is 13.2. The molecule has 5 heteroatoms. The van der Waals surface area contributed by atoms with Gasteiger partial charge in [-0.25, -0.2) is 4.98 Å². The van der Waals surface area contributed by atoms with Crippen molar-refractivity contribution in [2.24, 2.45) is 0 Å².